The zero-order valence-corrected chi connectivity index (χ0v) is 18.7. The Morgan fingerprint density at radius 2 is 1.12 bits per heavy atom. The lowest BCUT2D eigenvalue weighted by Gasteiger charge is -2.32. The van der Waals surface area contributed by atoms with Crippen LogP contribution in [0.1, 0.15) is 62.0 Å². The molecule has 3 rings (SSSR count). The van der Waals surface area contributed by atoms with E-state index in [0.717, 1.165) is 22.3 Å². The number of aliphatic carboxylic acids is 3. The van der Waals surface area contributed by atoms with Crippen LogP contribution in [0.2, 0.25) is 0 Å². The second-order valence-electron chi connectivity index (χ2n) is 8.77. The number of hydrogen-bond donors (Lipinski definition) is 3. The van der Waals surface area contributed by atoms with Crippen molar-refractivity contribution in [2.24, 2.45) is 5.41 Å². The van der Waals surface area contributed by atoms with Gasteiger partial charge in [-0.05, 0) is 46.9 Å². The Kier molecular flexibility index (Phi) is 8.04. The Morgan fingerprint density at radius 3 is 1.53 bits per heavy atom. The molecule has 0 radical (unpaired) electrons. The molecule has 0 aromatic heterocycles. The van der Waals surface area contributed by atoms with E-state index in [4.69, 9.17) is 20.1 Å². The summed E-state index contributed by atoms with van der Waals surface area (Å²) in [6.45, 7) is 0.0831. The lowest BCUT2D eigenvalue weighted by molar-refractivity contribution is -0.150. The minimum atomic E-state index is -1.09. The largest absolute Gasteiger partial charge is 0.481 e. The average Bonchev–Trinajstić information content (AvgIpc) is 3.12. The van der Waals surface area contributed by atoms with Crippen molar-refractivity contribution in [3.63, 3.8) is 0 Å². The monoisotopic (exact) mass is 468 g/mol. The number of esters is 1. The number of benzene rings is 2. The number of carboxylic acid groups (broad SMARTS) is 3. The molecule has 0 aliphatic heterocycles. The van der Waals surface area contributed by atoms with Gasteiger partial charge in [-0.15, -0.1) is 0 Å². The molecule has 8 nitrogen and oxygen atoms in total. The van der Waals surface area contributed by atoms with Crippen LogP contribution in [0.5, 0.6) is 0 Å². The first-order valence-electron chi connectivity index (χ1n) is 11.2. The standard InChI is InChI=1S/C26H28O8/c27-22(28)9-12-26(13-10-23(29)30,14-11-24(31)32)15-25(33)34-16-21-19-7-3-1-5-17(19)18-6-2-4-8-20(18)21/h1-8,21H,9-16H2,(H,27,28)(H,29,30)(H,31,32). The number of hydrogen-bond acceptors (Lipinski definition) is 5. The van der Waals surface area contributed by atoms with Crippen molar-refractivity contribution < 1.29 is 39.2 Å². The van der Waals surface area contributed by atoms with E-state index in [0.29, 0.717) is 0 Å². The van der Waals surface area contributed by atoms with Gasteiger partial charge in [0, 0.05) is 25.2 Å². The van der Waals surface area contributed by atoms with Crippen molar-refractivity contribution in [2.75, 3.05) is 6.61 Å². The molecule has 2 aromatic rings. The molecule has 34 heavy (non-hydrogen) atoms. The fourth-order valence-corrected chi connectivity index (χ4v) is 4.73. The van der Waals surface area contributed by atoms with Gasteiger partial charge in [0.25, 0.3) is 0 Å². The maximum atomic E-state index is 12.9. The molecule has 1 aliphatic rings. The molecule has 0 atom stereocenters. The number of carbonyl (C=O) groups excluding carboxylic acids is 1. The lowest BCUT2D eigenvalue weighted by Crippen LogP contribution is -2.29. The number of carbonyl (C=O) groups is 4. The fourth-order valence-electron chi connectivity index (χ4n) is 4.73. The van der Waals surface area contributed by atoms with Crippen LogP contribution < -0.4 is 0 Å². The van der Waals surface area contributed by atoms with Crippen molar-refractivity contribution in [3.8, 4) is 11.1 Å². The van der Waals surface area contributed by atoms with Crippen LogP contribution in [0.4, 0.5) is 0 Å². The molecule has 3 N–H and O–H groups in total. The summed E-state index contributed by atoms with van der Waals surface area (Å²) >= 11 is 0. The SMILES string of the molecule is O=C(O)CCC(CCC(=O)O)(CCC(=O)O)CC(=O)OCC1c2ccccc2-c2ccccc21. The van der Waals surface area contributed by atoms with Crippen LogP contribution in [-0.4, -0.2) is 45.8 Å². The van der Waals surface area contributed by atoms with Gasteiger partial charge in [0.2, 0.25) is 0 Å². The van der Waals surface area contributed by atoms with Gasteiger partial charge in [-0.3, -0.25) is 19.2 Å². The molecule has 0 fully saturated rings. The lowest BCUT2D eigenvalue weighted by atomic mass is 9.72. The van der Waals surface area contributed by atoms with E-state index in [1.54, 1.807) is 0 Å². The van der Waals surface area contributed by atoms with E-state index < -0.39 is 29.3 Å². The third-order valence-corrected chi connectivity index (χ3v) is 6.50. The second kappa shape index (κ2) is 11.0. The first-order chi connectivity index (χ1) is 16.2. The van der Waals surface area contributed by atoms with Crippen LogP contribution in [0.3, 0.4) is 0 Å². The number of fused-ring (bicyclic) bond motifs is 3. The van der Waals surface area contributed by atoms with Crippen molar-refractivity contribution in [1.82, 2.24) is 0 Å². The molecule has 0 saturated heterocycles. The summed E-state index contributed by atoms with van der Waals surface area (Å²) < 4.78 is 5.63. The molecule has 2 aromatic carbocycles. The van der Waals surface area contributed by atoms with Gasteiger partial charge in [0.15, 0.2) is 0 Å². The quantitative estimate of drug-likeness (QED) is 0.370. The molecular formula is C26H28O8. The molecular weight excluding hydrogens is 440 g/mol. The summed E-state index contributed by atoms with van der Waals surface area (Å²) in [4.78, 5) is 46.5. The summed E-state index contributed by atoms with van der Waals surface area (Å²) in [7, 11) is 0. The third kappa shape index (κ3) is 6.21. The zero-order valence-electron chi connectivity index (χ0n) is 18.7. The predicted molar refractivity (Wildman–Crippen MR) is 122 cm³/mol. The Labute approximate surface area is 197 Å². The first-order valence-corrected chi connectivity index (χ1v) is 11.2. The van der Waals surface area contributed by atoms with Crippen molar-refractivity contribution in [1.29, 1.82) is 0 Å². The van der Waals surface area contributed by atoms with Gasteiger partial charge in [0.05, 0.1) is 6.42 Å². The minimum absolute atomic E-state index is 0.00686. The Hall–Kier alpha value is -3.68. The number of ether oxygens (including phenoxy) is 1. The summed E-state index contributed by atoms with van der Waals surface area (Å²) in [5, 5.41) is 27.4. The highest BCUT2D eigenvalue weighted by Gasteiger charge is 2.36. The number of carboxylic acids is 3. The fraction of sp³-hybridized carbons (Fsp3) is 0.385. The zero-order chi connectivity index (χ0) is 24.7. The Morgan fingerprint density at radius 1 is 0.706 bits per heavy atom. The van der Waals surface area contributed by atoms with Crippen LogP contribution in [0.15, 0.2) is 48.5 Å². The third-order valence-electron chi connectivity index (χ3n) is 6.50. The van der Waals surface area contributed by atoms with Gasteiger partial charge < -0.3 is 20.1 Å². The van der Waals surface area contributed by atoms with E-state index in [-0.39, 0.29) is 57.5 Å². The van der Waals surface area contributed by atoms with E-state index in [1.807, 2.05) is 48.5 Å². The molecule has 180 valence electrons. The van der Waals surface area contributed by atoms with Crippen LogP contribution in [0.25, 0.3) is 11.1 Å². The van der Waals surface area contributed by atoms with Gasteiger partial charge >= 0.3 is 23.9 Å². The predicted octanol–water partition coefficient (Wildman–Crippen LogP) is 4.31. The molecule has 0 saturated carbocycles. The molecule has 8 heteroatoms. The smallest absolute Gasteiger partial charge is 0.306 e. The van der Waals surface area contributed by atoms with Crippen LogP contribution in [-0.2, 0) is 23.9 Å². The van der Waals surface area contributed by atoms with Gasteiger partial charge in [-0.1, -0.05) is 48.5 Å². The van der Waals surface area contributed by atoms with E-state index >= 15 is 0 Å². The molecule has 1 aliphatic carbocycles. The highest BCUT2D eigenvalue weighted by Crippen LogP contribution is 2.45. The molecule has 0 bridgehead atoms. The summed E-state index contributed by atoms with van der Waals surface area (Å²) in [6.07, 6.45) is -1.15. The molecule has 0 heterocycles. The van der Waals surface area contributed by atoms with E-state index in [1.165, 1.54) is 0 Å². The highest BCUT2D eigenvalue weighted by molar-refractivity contribution is 5.79. The molecule has 0 spiro atoms. The van der Waals surface area contributed by atoms with E-state index in [9.17, 15) is 19.2 Å². The minimum Gasteiger partial charge on any atom is -0.481 e. The van der Waals surface area contributed by atoms with Crippen molar-refractivity contribution in [3.05, 3.63) is 59.7 Å². The topological polar surface area (TPSA) is 138 Å². The normalized spacial score (nSPS) is 12.6. The number of rotatable bonds is 13. The summed E-state index contributed by atoms with van der Waals surface area (Å²) in [5.41, 5.74) is 3.17. The molecule has 0 amide bonds. The highest BCUT2D eigenvalue weighted by atomic mass is 16.5. The second-order valence-corrected chi connectivity index (χ2v) is 8.77. The summed E-state index contributed by atoms with van der Waals surface area (Å²) in [5.74, 6) is -4.03. The summed E-state index contributed by atoms with van der Waals surface area (Å²) in [6, 6.07) is 15.8. The Bertz CT molecular complexity index is 983. The Balaban J connectivity index is 1.76. The maximum absolute atomic E-state index is 12.9. The van der Waals surface area contributed by atoms with Crippen molar-refractivity contribution >= 4 is 23.9 Å². The maximum Gasteiger partial charge on any atom is 0.306 e. The first kappa shape index (κ1) is 25.0. The molecule has 0 unspecified atom stereocenters. The van der Waals surface area contributed by atoms with Gasteiger partial charge in [0.1, 0.15) is 6.61 Å². The average molecular weight is 469 g/mol. The van der Waals surface area contributed by atoms with Gasteiger partial charge in [-0.2, -0.15) is 0 Å². The van der Waals surface area contributed by atoms with Crippen LogP contribution in [0, 0.1) is 5.41 Å². The van der Waals surface area contributed by atoms with E-state index in [2.05, 4.69) is 0 Å². The van der Waals surface area contributed by atoms with Crippen LogP contribution >= 0.6 is 0 Å². The van der Waals surface area contributed by atoms with Gasteiger partial charge in [-0.25, -0.2) is 0 Å². The van der Waals surface area contributed by atoms with Crippen molar-refractivity contribution in [2.45, 2.75) is 50.9 Å².